The van der Waals surface area contributed by atoms with Gasteiger partial charge in [-0.05, 0) is 29.8 Å². The Hall–Kier alpha value is -2.27. The summed E-state index contributed by atoms with van der Waals surface area (Å²) in [5.74, 6) is -0.870. The van der Waals surface area contributed by atoms with Crippen molar-refractivity contribution in [1.29, 1.82) is 0 Å². The Bertz CT molecular complexity index is 940. The molecular weight excluding hydrogens is 354 g/mol. The van der Waals surface area contributed by atoms with Crippen molar-refractivity contribution in [2.24, 2.45) is 10.9 Å². The number of nitrogens with one attached hydrogen (secondary N) is 1. The van der Waals surface area contributed by atoms with Gasteiger partial charge in [-0.15, -0.1) is 0 Å². The van der Waals surface area contributed by atoms with E-state index in [0.717, 1.165) is 24.3 Å². The van der Waals surface area contributed by atoms with Crippen LogP contribution in [0.5, 0.6) is 0 Å². The molecule has 0 aliphatic carbocycles. The quantitative estimate of drug-likeness (QED) is 0.646. The molecule has 0 saturated carbocycles. The number of sulfonamides is 2. The summed E-state index contributed by atoms with van der Waals surface area (Å²) in [6.07, 6.45) is 0. The molecule has 24 heavy (non-hydrogen) atoms. The van der Waals surface area contributed by atoms with Gasteiger partial charge in [-0.1, -0.05) is 30.3 Å². The number of rotatable bonds is 6. The number of carbonyl (C=O) groups is 1. The maximum Gasteiger partial charge on any atom is 0.241 e. The Kier molecular flexibility index (Phi) is 5.04. The van der Waals surface area contributed by atoms with E-state index in [1.54, 1.807) is 30.3 Å². The van der Waals surface area contributed by atoms with Crippen LogP contribution >= 0.6 is 0 Å². The van der Waals surface area contributed by atoms with Crippen molar-refractivity contribution in [1.82, 2.24) is 4.72 Å². The first-order valence-corrected chi connectivity index (χ1v) is 9.64. The SMILES string of the molecule is NC(=O)C(NS(=O)(=O)c1ccc(S(N)(=O)=O)cc1)c1ccccc1. The number of primary sulfonamides is 1. The molecule has 1 amide bonds. The standard InChI is InChI=1S/C14H15N3O5S2/c15-14(18)13(10-4-2-1-3-5-10)17-24(21,22)12-8-6-11(7-9-12)23(16,19)20/h1-9,13,17H,(H2,15,18)(H2,16,19,20). The van der Waals surface area contributed by atoms with Gasteiger partial charge in [-0.25, -0.2) is 22.0 Å². The lowest BCUT2D eigenvalue weighted by Crippen LogP contribution is -2.37. The molecule has 5 N–H and O–H groups in total. The van der Waals surface area contributed by atoms with Crippen LogP contribution in [0.15, 0.2) is 64.4 Å². The van der Waals surface area contributed by atoms with Crippen LogP contribution in [0.4, 0.5) is 0 Å². The summed E-state index contributed by atoms with van der Waals surface area (Å²) in [7, 11) is -8.04. The molecule has 8 nitrogen and oxygen atoms in total. The molecule has 0 saturated heterocycles. The van der Waals surface area contributed by atoms with E-state index in [1.807, 2.05) is 0 Å². The van der Waals surface area contributed by atoms with E-state index in [2.05, 4.69) is 4.72 Å². The zero-order valence-corrected chi connectivity index (χ0v) is 13.9. The molecule has 2 aromatic rings. The van der Waals surface area contributed by atoms with Crippen LogP contribution in [0.25, 0.3) is 0 Å². The highest BCUT2D eigenvalue weighted by Gasteiger charge is 2.25. The van der Waals surface area contributed by atoms with Gasteiger partial charge in [0.1, 0.15) is 6.04 Å². The van der Waals surface area contributed by atoms with Gasteiger partial charge in [0.15, 0.2) is 0 Å². The average molecular weight is 369 g/mol. The summed E-state index contributed by atoms with van der Waals surface area (Å²) in [5, 5.41) is 4.96. The first-order valence-electron chi connectivity index (χ1n) is 6.61. The van der Waals surface area contributed by atoms with E-state index in [4.69, 9.17) is 10.9 Å². The number of benzene rings is 2. The Labute approximate surface area is 139 Å². The summed E-state index contributed by atoms with van der Waals surface area (Å²) < 4.78 is 49.4. The minimum Gasteiger partial charge on any atom is -0.368 e. The predicted molar refractivity (Wildman–Crippen MR) is 86.5 cm³/mol. The van der Waals surface area contributed by atoms with Crippen molar-refractivity contribution in [3.05, 3.63) is 60.2 Å². The van der Waals surface area contributed by atoms with Crippen LogP contribution in [0.2, 0.25) is 0 Å². The van der Waals surface area contributed by atoms with Crippen LogP contribution in [0, 0.1) is 0 Å². The number of nitrogens with two attached hydrogens (primary N) is 2. The second-order valence-electron chi connectivity index (χ2n) is 4.88. The predicted octanol–water partition coefficient (Wildman–Crippen LogP) is -0.161. The van der Waals surface area contributed by atoms with Gasteiger partial charge in [0.2, 0.25) is 26.0 Å². The fourth-order valence-corrected chi connectivity index (χ4v) is 3.68. The maximum absolute atomic E-state index is 12.4. The molecule has 0 fully saturated rings. The molecule has 0 aliphatic heterocycles. The highest BCUT2D eigenvalue weighted by molar-refractivity contribution is 7.89. The van der Waals surface area contributed by atoms with E-state index >= 15 is 0 Å². The molecule has 0 aromatic heterocycles. The average Bonchev–Trinajstić information content (AvgIpc) is 2.52. The molecule has 1 unspecified atom stereocenters. The normalized spacial score (nSPS) is 13.4. The zero-order valence-electron chi connectivity index (χ0n) is 12.3. The van der Waals surface area contributed by atoms with Crippen molar-refractivity contribution >= 4 is 26.0 Å². The topological polar surface area (TPSA) is 149 Å². The second-order valence-corrected chi connectivity index (χ2v) is 8.16. The van der Waals surface area contributed by atoms with E-state index in [1.165, 1.54) is 0 Å². The maximum atomic E-state index is 12.4. The molecule has 1 atom stereocenters. The molecule has 128 valence electrons. The molecule has 0 radical (unpaired) electrons. The molecule has 2 rings (SSSR count). The third kappa shape index (κ3) is 4.17. The van der Waals surface area contributed by atoms with Crippen LogP contribution in [0.1, 0.15) is 11.6 Å². The lowest BCUT2D eigenvalue weighted by atomic mass is 10.1. The Morgan fingerprint density at radius 3 is 1.83 bits per heavy atom. The molecule has 0 bridgehead atoms. The monoisotopic (exact) mass is 369 g/mol. The minimum absolute atomic E-state index is 0.225. The first-order chi connectivity index (χ1) is 11.1. The van der Waals surface area contributed by atoms with Crippen LogP contribution in [0.3, 0.4) is 0 Å². The third-order valence-corrected chi connectivity index (χ3v) is 5.52. The second kappa shape index (κ2) is 6.69. The van der Waals surface area contributed by atoms with Gasteiger partial charge in [0.05, 0.1) is 9.79 Å². The van der Waals surface area contributed by atoms with E-state index < -0.39 is 32.0 Å². The van der Waals surface area contributed by atoms with Gasteiger partial charge in [0, 0.05) is 0 Å². The molecule has 0 spiro atoms. The van der Waals surface area contributed by atoms with Crippen molar-refractivity contribution in [3.8, 4) is 0 Å². The van der Waals surface area contributed by atoms with Crippen LogP contribution in [-0.2, 0) is 24.8 Å². The number of hydrogen-bond donors (Lipinski definition) is 3. The van der Waals surface area contributed by atoms with E-state index in [0.29, 0.717) is 5.56 Å². The van der Waals surface area contributed by atoms with Gasteiger partial charge in [-0.2, -0.15) is 4.72 Å². The van der Waals surface area contributed by atoms with Crippen LogP contribution < -0.4 is 15.6 Å². The van der Waals surface area contributed by atoms with Crippen molar-refractivity contribution in [2.45, 2.75) is 15.8 Å². The lowest BCUT2D eigenvalue weighted by molar-refractivity contribution is -0.119. The first kappa shape index (κ1) is 18.1. The van der Waals surface area contributed by atoms with Gasteiger partial charge < -0.3 is 5.73 Å². The van der Waals surface area contributed by atoms with Gasteiger partial charge >= 0.3 is 0 Å². The number of hydrogen-bond acceptors (Lipinski definition) is 5. The van der Waals surface area contributed by atoms with Crippen LogP contribution in [-0.4, -0.2) is 22.7 Å². The summed E-state index contributed by atoms with van der Waals surface area (Å²) in [4.78, 5) is 11.1. The largest absolute Gasteiger partial charge is 0.368 e. The Balaban J connectivity index is 2.34. The highest BCUT2D eigenvalue weighted by Crippen LogP contribution is 2.18. The number of carbonyl (C=O) groups excluding carboxylic acids is 1. The summed E-state index contributed by atoms with van der Waals surface area (Å²) in [6, 6.07) is 11.1. The van der Waals surface area contributed by atoms with Gasteiger partial charge in [0.25, 0.3) is 0 Å². The summed E-state index contributed by atoms with van der Waals surface area (Å²) in [5.41, 5.74) is 5.66. The van der Waals surface area contributed by atoms with Crippen molar-refractivity contribution in [2.75, 3.05) is 0 Å². The van der Waals surface area contributed by atoms with Crippen molar-refractivity contribution in [3.63, 3.8) is 0 Å². The van der Waals surface area contributed by atoms with E-state index in [-0.39, 0.29) is 9.79 Å². The molecule has 0 aliphatic rings. The lowest BCUT2D eigenvalue weighted by Gasteiger charge is -2.16. The van der Waals surface area contributed by atoms with Gasteiger partial charge in [-0.3, -0.25) is 4.79 Å². The van der Waals surface area contributed by atoms with E-state index in [9.17, 15) is 21.6 Å². The smallest absolute Gasteiger partial charge is 0.241 e. The third-order valence-electron chi connectivity index (χ3n) is 3.15. The molecule has 10 heteroatoms. The Morgan fingerprint density at radius 2 is 1.38 bits per heavy atom. The fraction of sp³-hybridized carbons (Fsp3) is 0.0714. The summed E-state index contributed by atoms with van der Waals surface area (Å²) in [6.45, 7) is 0. The zero-order chi connectivity index (χ0) is 18.0. The molecular formula is C14H15N3O5S2. The molecule has 2 aromatic carbocycles. The molecule has 0 heterocycles. The number of primary amides is 1. The minimum atomic E-state index is -4.10. The van der Waals surface area contributed by atoms with Crippen molar-refractivity contribution < 1.29 is 21.6 Å². The summed E-state index contributed by atoms with van der Waals surface area (Å²) >= 11 is 0. The fourth-order valence-electron chi connectivity index (χ4n) is 1.97. The highest BCUT2D eigenvalue weighted by atomic mass is 32.2. The Morgan fingerprint density at radius 1 is 0.875 bits per heavy atom. The number of amides is 1.